The largest absolute Gasteiger partial charge is 0.396 e. The van der Waals surface area contributed by atoms with Crippen LogP contribution in [0, 0.1) is 0 Å². The summed E-state index contributed by atoms with van der Waals surface area (Å²) in [5.41, 5.74) is 3.60. The lowest BCUT2D eigenvalue weighted by Crippen LogP contribution is -2.14. The molecule has 1 aromatic rings. The maximum atomic E-state index is 8.68. The first-order valence-corrected chi connectivity index (χ1v) is 6.48. The van der Waals surface area contributed by atoms with Crippen LogP contribution in [0.2, 0.25) is 0 Å². The van der Waals surface area contributed by atoms with Crippen molar-refractivity contribution < 1.29 is 5.11 Å². The number of unbranched alkanes of at least 4 members (excludes halogenated alkanes) is 3. The van der Waals surface area contributed by atoms with Crippen molar-refractivity contribution in [3.05, 3.63) is 11.9 Å². The average Bonchev–Trinajstić information content (AvgIpc) is 2.42. The summed E-state index contributed by atoms with van der Waals surface area (Å²) >= 11 is 0. The number of nitrogens with one attached hydrogen (secondary N) is 2. The Morgan fingerprint density at radius 1 is 1.17 bits per heavy atom. The summed E-state index contributed by atoms with van der Waals surface area (Å²) in [4.78, 5) is 8.32. The van der Waals surface area contributed by atoms with Crippen molar-refractivity contribution in [1.82, 2.24) is 9.97 Å². The first kappa shape index (κ1) is 14.7. The summed E-state index contributed by atoms with van der Waals surface area (Å²) in [6, 6.07) is 0. The van der Waals surface area contributed by atoms with E-state index >= 15 is 0 Å². The predicted molar refractivity (Wildman–Crippen MR) is 73.3 cm³/mol. The fourth-order valence-electron chi connectivity index (χ4n) is 1.82. The first-order chi connectivity index (χ1) is 8.83. The number of nitrogen functional groups attached to an aromatic ring is 1. The molecule has 0 aliphatic carbocycles. The van der Waals surface area contributed by atoms with Crippen LogP contribution in [0.4, 0.5) is 11.6 Å². The molecule has 0 unspecified atom stereocenters. The Bertz CT molecular complexity index is 345. The van der Waals surface area contributed by atoms with Crippen LogP contribution in [-0.2, 0) is 6.42 Å². The van der Waals surface area contributed by atoms with Crippen molar-refractivity contribution in [2.45, 2.75) is 39.0 Å². The van der Waals surface area contributed by atoms with E-state index in [0.29, 0.717) is 5.82 Å². The molecule has 5 N–H and O–H groups in total. The molecule has 0 atom stereocenters. The van der Waals surface area contributed by atoms with Gasteiger partial charge >= 0.3 is 0 Å². The Morgan fingerprint density at radius 2 is 1.89 bits per heavy atom. The second-order valence-corrected chi connectivity index (χ2v) is 4.11. The van der Waals surface area contributed by atoms with Gasteiger partial charge in [0.1, 0.15) is 18.0 Å². The van der Waals surface area contributed by atoms with Gasteiger partial charge in [-0.25, -0.2) is 15.8 Å². The summed E-state index contributed by atoms with van der Waals surface area (Å²) < 4.78 is 0. The molecular formula is C12H23N5O. The van der Waals surface area contributed by atoms with E-state index in [-0.39, 0.29) is 6.61 Å². The molecule has 0 aromatic carbocycles. The zero-order valence-corrected chi connectivity index (χ0v) is 10.9. The molecule has 6 nitrogen and oxygen atoms in total. The van der Waals surface area contributed by atoms with Gasteiger partial charge in [-0.15, -0.1) is 0 Å². The highest BCUT2D eigenvalue weighted by atomic mass is 16.2. The molecule has 0 fully saturated rings. The molecule has 18 heavy (non-hydrogen) atoms. The molecule has 1 aromatic heterocycles. The molecule has 0 saturated carbocycles. The van der Waals surface area contributed by atoms with Crippen molar-refractivity contribution in [3.8, 4) is 0 Å². The molecule has 1 heterocycles. The number of hydrogen-bond acceptors (Lipinski definition) is 6. The third-order valence-corrected chi connectivity index (χ3v) is 2.81. The fraction of sp³-hybridized carbons (Fsp3) is 0.667. The zero-order valence-electron chi connectivity index (χ0n) is 10.9. The number of aromatic nitrogens is 2. The van der Waals surface area contributed by atoms with E-state index in [9.17, 15) is 0 Å². The smallest absolute Gasteiger partial charge is 0.148 e. The third-order valence-electron chi connectivity index (χ3n) is 2.81. The first-order valence-electron chi connectivity index (χ1n) is 6.48. The van der Waals surface area contributed by atoms with Gasteiger partial charge in [-0.2, -0.15) is 0 Å². The summed E-state index contributed by atoms with van der Waals surface area (Å²) in [6.45, 7) is 3.20. The Morgan fingerprint density at radius 3 is 2.56 bits per heavy atom. The maximum absolute atomic E-state index is 8.68. The highest BCUT2D eigenvalue weighted by Gasteiger charge is 2.07. The topological polar surface area (TPSA) is 96.1 Å². The van der Waals surface area contributed by atoms with E-state index in [0.717, 1.165) is 50.0 Å². The number of nitrogens with zero attached hydrogens (tertiary/aromatic N) is 2. The molecule has 1 rings (SSSR count). The number of hydrazine groups is 1. The average molecular weight is 253 g/mol. The Labute approximate surface area is 108 Å². The second-order valence-electron chi connectivity index (χ2n) is 4.11. The number of anilines is 2. The molecule has 0 spiro atoms. The van der Waals surface area contributed by atoms with Crippen LogP contribution in [0.1, 0.15) is 38.2 Å². The molecule has 0 aliphatic heterocycles. The SMILES string of the molecule is CCc1c(NN)ncnc1NCCCCCCO. The quantitative estimate of drug-likeness (QED) is 0.301. The summed E-state index contributed by atoms with van der Waals surface area (Å²) in [7, 11) is 0. The lowest BCUT2D eigenvalue weighted by Gasteiger charge is -2.12. The van der Waals surface area contributed by atoms with Gasteiger partial charge < -0.3 is 15.8 Å². The molecule has 0 bridgehead atoms. The van der Waals surface area contributed by atoms with E-state index in [1.54, 1.807) is 0 Å². The normalized spacial score (nSPS) is 10.4. The second kappa shape index (κ2) is 8.66. The lowest BCUT2D eigenvalue weighted by molar-refractivity contribution is 0.283. The van der Waals surface area contributed by atoms with Crippen molar-refractivity contribution >= 4 is 11.6 Å². The number of hydrogen-bond donors (Lipinski definition) is 4. The number of aliphatic hydroxyl groups excluding tert-OH is 1. The van der Waals surface area contributed by atoms with Gasteiger partial charge in [0.25, 0.3) is 0 Å². The third kappa shape index (κ3) is 4.46. The molecule has 6 heteroatoms. The van der Waals surface area contributed by atoms with Gasteiger partial charge in [-0.1, -0.05) is 19.8 Å². The minimum absolute atomic E-state index is 0.283. The van der Waals surface area contributed by atoms with E-state index in [2.05, 4.69) is 20.7 Å². The number of aliphatic hydroxyl groups is 1. The van der Waals surface area contributed by atoms with E-state index in [1.807, 2.05) is 6.92 Å². The van der Waals surface area contributed by atoms with Gasteiger partial charge in [0.15, 0.2) is 0 Å². The minimum Gasteiger partial charge on any atom is -0.396 e. The number of rotatable bonds is 9. The Balaban J connectivity index is 2.41. The monoisotopic (exact) mass is 253 g/mol. The van der Waals surface area contributed by atoms with E-state index in [4.69, 9.17) is 10.9 Å². The highest BCUT2D eigenvalue weighted by molar-refractivity contribution is 5.56. The van der Waals surface area contributed by atoms with Crippen LogP contribution in [0.25, 0.3) is 0 Å². The van der Waals surface area contributed by atoms with Crippen LogP contribution >= 0.6 is 0 Å². The van der Waals surface area contributed by atoms with Crippen LogP contribution in [0.15, 0.2) is 6.33 Å². The summed E-state index contributed by atoms with van der Waals surface area (Å²) in [6.07, 6.45) is 6.46. The lowest BCUT2D eigenvalue weighted by atomic mass is 10.2. The van der Waals surface area contributed by atoms with Crippen molar-refractivity contribution in [1.29, 1.82) is 0 Å². The molecule has 0 saturated heterocycles. The maximum Gasteiger partial charge on any atom is 0.148 e. The molecule has 0 radical (unpaired) electrons. The van der Waals surface area contributed by atoms with Crippen molar-refractivity contribution in [2.24, 2.45) is 5.84 Å². The summed E-state index contributed by atoms with van der Waals surface area (Å²) in [5, 5.41) is 12.0. The van der Waals surface area contributed by atoms with E-state index < -0.39 is 0 Å². The van der Waals surface area contributed by atoms with Crippen LogP contribution < -0.4 is 16.6 Å². The Kier molecular flexibility index (Phi) is 7.05. The Hall–Kier alpha value is -1.40. The van der Waals surface area contributed by atoms with Crippen LogP contribution in [-0.4, -0.2) is 28.2 Å². The minimum atomic E-state index is 0.283. The summed E-state index contributed by atoms with van der Waals surface area (Å²) in [5.74, 6) is 6.94. The highest BCUT2D eigenvalue weighted by Crippen LogP contribution is 2.19. The molecular weight excluding hydrogens is 230 g/mol. The van der Waals surface area contributed by atoms with Gasteiger partial charge in [0, 0.05) is 18.7 Å². The van der Waals surface area contributed by atoms with Gasteiger partial charge in [-0.3, -0.25) is 0 Å². The fourth-order valence-corrected chi connectivity index (χ4v) is 1.82. The van der Waals surface area contributed by atoms with Crippen LogP contribution in [0.3, 0.4) is 0 Å². The zero-order chi connectivity index (χ0) is 13.2. The van der Waals surface area contributed by atoms with Crippen molar-refractivity contribution in [2.75, 3.05) is 23.9 Å². The van der Waals surface area contributed by atoms with Gasteiger partial charge in [0.2, 0.25) is 0 Å². The molecule has 0 aliphatic rings. The number of nitrogens with two attached hydrogens (primary N) is 1. The van der Waals surface area contributed by atoms with Crippen molar-refractivity contribution in [3.63, 3.8) is 0 Å². The van der Waals surface area contributed by atoms with Gasteiger partial charge in [-0.05, 0) is 19.3 Å². The van der Waals surface area contributed by atoms with Crippen LogP contribution in [0.5, 0.6) is 0 Å². The van der Waals surface area contributed by atoms with Gasteiger partial charge in [0.05, 0.1) is 0 Å². The predicted octanol–water partition coefficient (Wildman–Crippen LogP) is 1.29. The van der Waals surface area contributed by atoms with E-state index in [1.165, 1.54) is 6.33 Å². The standard InChI is InChI=1S/C12H23N5O/c1-2-10-11(15-9-16-12(10)17-13)14-7-5-3-4-6-8-18/h9,18H,2-8,13H2,1H3,(H2,14,15,16,17). The molecule has 102 valence electrons. The molecule has 0 amide bonds.